The number of hydrogen-bond acceptors (Lipinski definition) is 6. The maximum atomic E-state index is 13.4. The second-order valence-corrected chi connectivity index (χ2v) is 16.9. The van der Waals surface area contributed by atoms with E-state index in [0.717, 1.165) is 21.9 Å². The number of rotatable bonds is 6. The van der Waals surface area contributed by atoms with Gasteiger partial charge in [0.1, 0.15) is 0 Å². The summed E-state index contributed by atoms with van der Waals surface area (Å²) in [4.78, 5) is 0. The van der Waals surface area contributed by atoms with E-state index in [2.05, 4.69) is 84.9 Å². The first-order chi connectivity index (χ1) is 21.9. The van der Waals surface area contributed by atoms with Gasteiger partial charge in [0, 0.05) is 0 Å². The molecule has 6 nitrogen and oxygen atoms in total. The number of benzene rings is 6. The summed E-state index contributed by atoms with van der Waals surface area (Å²) in [5, 5.41) is 9.49. The third kappa shape index (κ3) is 6.00. The Labute approximate surface area is 262 Å². The van der Waals surface area contributed by atoms with Crippen molar-refractivity contribution in [1.82, 2.24) is 0 Å². The minimum absolute atomic E-state index is 0.187. The molecule has 8 rings (SSSR count). The smallest absolute Gasteiger partial charge is 0.308 e. The van der Waals surface area contributed by atoms with Gasteiger partial charge in [0.15, 0.2) is 0 Å². The van der Waals surface area contributed by atoms with Crippen molar-refractivity contribution in [3.05, 3.63) is 120 Å². The third-order valence-electron chi connectivity index (χ3n) is 9.16. The maximum Gasteiger partial charge on any atom is 0.331 e. The molecule has 6 aromatic carbocycles. The maximum absolute atomic E-state index is 13.4. The summed E-state index contributed by atoms with van der Waals surface area (Å²) in [6, 6.07) is 38.1. The van der Waals surface area contributed by atoms with Crippen molar-refractivity contribution >= 4 is 58.3 Å². The van der Waals surface area contributed by atoms with Crippen molar-refractivity contribution in [1.29, 1.82) is 0 Å². The van der Waals surface area contributed by atoms with Crippen LogP contribution in [0, 0.1) is 5.41 Å². The van der Waals surface area contributed by atoms with E-state index >= 15 is 0 Å². The van der Waals surface area contributed by atoms with Crippen molar-refractivity contribution in [2.24, 2.45) is 5.41 Å². The van der Waals surface area contributed by atoms with Crippen LogP contribution in [0.5, 0.6) is 0 Å². The van der Waals surface area contributed by atoms with Gasteiger partial charge in [-0.05, 0) is 91.3 Å². The number of aryl methyl sites for hydroxylation is 2. The first-order valence-electron chi connectivity index (χ1n) is 15.4. The Kier molecular flexibility index (Phi) is 7.42. The van der Waals surface area contributed by atoms with Gasteiger partial charge in [-0.25, -0.2) is 0 Å². The van der Waals surface area contributed by atoms with E-state index in [9.17, 15) is 9.13 Å². The summed E-state index contributed by atoms with van der Waals surface area (Å²) in [5.74, 6) is 0. The fourth-order valence-corrected chi connectivity index (χ4v) is 9.96. The van der Waals surface area contributed by atoms with Gasteiger partial charge in [-0.3, -0.25) is 9.13 Å². The Morgan fingerprint density at radius 2 is 0.778 bits per heavy atom. The van der Waals surface area contributed by atoms with Crippen molar-refractivity contribution in [2.45, 2.75) is 12.8 Å². The Bertz CT molecular complexity index is 1990. The molecule has 0 bridgehead atoms. The van der Waals surface area contributed by atoms with Crippen LogP contribution in [0.25, 0.3) is 43.1 Å². The van der Waals surface area contributed by atoms with E-state index in [0.29, 0.717) is 25.2 Å². The fraction of sp³-hybridized carbons (Fsp3) is 0.243. The summed E-state index contributed by atoms with van der Waals surface area (Å²) in [5.41, 5.74) is 1.56. The van der Waals surface area contributed by atoms with E-state index in [1.165, 1.54) is 32.3 Å². The highest BCUT2D eigenvalue weighted by molar-refractivity contribution is 7.54. The van der Waals surface area contributed by atoms with Crippen LogP contribution in [0.1, 0.15) is 11.1 Å². The predicted molar refractivity (Wildman–Crippen MR) is 182 cm³/mol. The molecule has 0 aromatic heterocycles. The van der Waals surface area contributed by atoms with Gasteiger partial charge in [0.05, 0.1) is 44.2 Å². The standard InChI is InChI=1S/C37H34O6P2/c38-44(15-13-27-9-11-33-19-29-5-1-3-7-31(29)21-35(33)17-27)40-23-37(24-41-44)25-42-45(39,43-26-37)16-14-28-10-12-34-20-30-6-2-4-8-32(30)22-36(34)18-28/h1-12,17-22H,13-16,23-26H2. The zero-order valence-electron chi connectivity index (χ0n) is 24.9. The first-order valence-corrected chi connectivity index (χ1v) is 18.9. The van der Waals surface area contributed by atoms with Crippen LogP contribution < -0.4 is 0 Å². The summed E-state index contributed by atoms with van der Waals surface area (Å²) >= 11 is 0. The highest BCUT2D eigenvalue weighted by Crippen LogP contribution is 2.59. The molecule has 0 radical (unpaired) electrons. The normalized spacial score (nSPS) is 25.4. The molecule has 0 N–H and O–H groups in total. The predicted octanol–water partition coefficient (Wildman–Crippen LogP) is 9.55. The largest absolute Gasteiger partial charge is 0.331 e. The molecule has 45 heavy (non-hydrogen) atoms. The minimum Gasteiger partial charge on any atom is -0.308 e. The average molecular weight is 637 g/mol. The number of fused-ring (bicyclic) bond motifs is 4. The van der Waals surface area contributed by atoms with Crippen LogP contribution in [0.4, 0.5) is 0 Å². The molecular weight excluding hydrogens is 602 g/mol. The summed E-state index contributed by atoms with van der Waals surface area (Å²) in [7, 11) is -6.54. The zero-order valence-corrected chi connectivity index (χ0v) is 26.7. The Balaban J connectivity index is 0.858. The van der Waals surface area contributed by atoms with Crippen LogP contribution in [0.3, 0.4) is 0 Å². The molecule has 0 amide bonds. The molecule has 6 aromatic rings. The molecule has 228 valence electrons. The van der Waals surface area contributed by atoms with Crippen molar-refractivity contribution in [2.75, 3.05) is 38.8 Å². The quantitative estimate of drug-likeness (QED) is 0.134. The summed E-state index contributed by atoms with van der Waals surface area (Å²) < 4.78 is 50.4. The molecule has 0 aliphatic carbocycles. The Morgan fingerprint density at radius 3 is 1.16 bits per heavy atom. The van der Waals surface area contributed by atoms with Crippen LogP contribution in [0.2, 0.25) is 0 Å². The lowest BCUT2D eigenvalue weighted by Gasteiger charge is -2.43. The van der Waals surface area contributed by atoms with Gasteiger partial charge in [0.25, 0.3) is 0 Å². The summed E-state index contributed by atoms with van der Waals surface area (Å²) in [6.45, 7) is 0.748. The highest BCUT2D eigenvalue weighted by atomic mass is 31.2. The lowest BCUT2D eigenvalue weighted by Crippen LogP contribution is -2.46. The molecule has 0 atom stereocenters. The van der Waals surface area contributed by atoms with Gasteiger partial charge in [-0.2, -0.15) is 0 Å². The molecule has 2 saturated heterocycles. The van der Waals surface area contributed by atoms with Crippen molar-refractivity contribution in [3.8, 4) is 0 Å². The van der Waals surface area contributed by atoms with E-state index in [-0.39, 0.29) is 26.4 Å². The minimum atomic E-state index is -3.27. The number of hydrogen-bond donors (Lipinski definition) is 0. The molecular formula is C37H34O6P2. The first kappa shape index (κ1) is 29.1. The topological polar surface area (TPSA) is 71.1 Å². The van der Waals surface area contributed by atoms with Gasteiger partial charge in [0.2, 0.25) is 0 Å². The second-order valence-electron chi connectivity index (χ2n) is 12.5. The van der Waals surface area contributed by atoms with Crippen molar-refractivity contribution < 1.29 is 27.2 Å². The third-order valence-corrected chi connectivity index (χ3v) is 12.8. The monoisotopic (exact) mass is 636 g/mol. The zero-order chi connectivity index (χ0) is 30.5. The van der Waals surface area contributed by atoms with Gasteiger partial charge < -0.3 is 18.1 Å². The lowest BCUT2D eigenvalue weighted by molar-refractivity contribution is -0.0683. The molecule has 2 heterocycles. The molecule has 8 heteroatoms. The van der Waals surface area contributed by atoms with E-state index in [4.69, 9.17) is 18.1 Å². The van der Waals surface area contributed by atoms with E-state index in [1.54, 1.807) is 0 Å². The summed E-state index contributed by atoms with van der Waals surface area (Å²) in [6.07, 6.45) is 1.76. The van der Waals surface area contributed by atoms with Gasteiger partial charge >= 0.3 is 15.2 Å². The van der Waals surface area contributed by atoms with Crippen LogP contribution >= 0.6 is 15.2 Å². The molecule has 2 aliphatic rings. The van der Waals surface area contributed by atoms with E-state index < -0.39 is 20.6 Å². The highest BCUT2D eigenvalue weighted by Gasteiger charge is 2.48. The average Bonchev–Trinajstić information content (AvgIpc) is 3.07. The van der Waals surface area contributed by atoms with Gasteiger partial charge in [-0.15, -0.1) is 0 Å². The Hall–Kier alpha value is -3.34. The molecule has 2 aliphatic heterocycles. The molecule has 0 unspecified atom stereocenters. The van der Waals surface area contributed by atoms with Crippen molar-refractivity contribution in [3.63, 3.8) is 0 Å². The fourth-order valence-electron chi connectivity index (χ4n) is 6.35. The van der Waals surface area contributed by atoms with Crippen LogP contribution in [-0.2, 0) is 40.1 Å². The molecule has 0 saturated carbocycles. The Morgan fingerprint density at radius 1 is 0.444 bits per heavy atom. The molecule has 2 fully saturated rings. The van der Waals surface area contributed by atoms with E-state index in [1.807, 2.05) is 24.3 Å². The van der Waals surface area contributed by atoms with Crippen LogP contribution in [0.15, 0.2) is 109 Å². The SMILES string of the molecule is O=P1(CCc2ccc3cc4ccccc4cc3c2)OCC2(CO1)COP(=O)(CCc1ccc3cc4ccccc4cc3c1)OC2. The lowest BCUT2D eigenvalue weighted by atomic mass is 9.93. The second kappa shape index (κ2) is 11.5. The molecule has 1 spiro atoms. The van der Waals surface area contributed by atoms with Gasteiger partial charge in [-0.1, -0.05) is 84.9 Å². The van der Waals surface area contributed by atoms with Crippen LogP contribution in [-0.4, -0.2) is 38.8 Å².